The molecule has 7 amide bonds. The Bertz CT molecular complexity index is 1810. The van der Waals surface area contributed by atoms with Crippen molar-refractivity contribution in [3.8, 4) is 0 Å². The molecule has 1 heterocycles. The summed E-state index contributed by atoms with van der Waals surface area (Å²) in [6.45, 7) is 3.32. The first-order valence-corrected chi connectivity index (χ1v) is 23.9. The molecule has 1 aliphatic heterocycles. The molecular weight excluding hydrogens is 909 g/mol. The highest BCUT2D eigenvalue weighted by Gasteiger charge is 2.49. The first-order valence-electron chi connectivity index (χ1n) is 23.1. The van der Waals surface area contributed by atoms with Gasteiger partial charge in [-0.25, -0.2) is 20.3 Å². The molecule has 0 radical (unpaired) electrons. The number of isothiocyanates is 1. The van der Waals surface area contributed by atoms with Crippen LogP contribution in [0, 0.1) is 5.41 Å². The van der Waals surface area contributed by atoms with Crippen LogP contribution in [-0.4, -0.2) is 145 Å². The maximum Gasteiger partial charge on any atom is 0.261 e. The number of nitrogens with one attached hydrogen (secondary N) is 5. The van der Waals surface area contributed by atoms with Crippen LogP contribution in [-0.2, 0) is 33.6 Å². The molecule has 1 aromatic carbocycles. The zero-order valence-electron chi connectivity index (χ0n) is 38.6. The molecule has 374 valence electrons. The Balaban J connectivity index is 1.53. The first-order chi connectivity index (χ1) is 32.1. The summed E-state index contributed by atoms with van der Waals surface area (Å²) in [5.74, 6) is -3.33. The Hall–Kier alpha value is -5.16. The maximum atomic E-state index is 13.4. The molecule has 0 aliphatic carbocycles. The maximum absolute atomic E-state index is 13.4. The van der Waals surface area contributed by atoms with Gasteiger partial charge in [0.25, 0.3) is 5.91 Å². The topological polar surface area (TPSA) is 286 Å². The number of benzene rings is 1. The van der Waals surface area contributed by atoms with Crippen LogP contribution in [0.25, 0.3) is 0 Å². The summed E-state index contributed by atoms with van der Waals surface area (Å²) in [6, 6.07) is 7.21. The first kappa shape index (κ1) is 58.0. The third-order valence-corrected chi connectivity index (χ3v) is 11.4. The van der Waals surface area contributed by atoms with E-state index in [0.717, 1.165) is 18.5 Å². The SMILES string of the molecule is CC(=O)N(O)CCCCCNC(=O)CCC(=O)N(O)CCCCCNC(=O)CCC(=O)N(O)CCCCCNC(=O)C1(CCCCCNC(=S)Nc2ccc(N=C=S)cc2)CCCN(O)C1=O. The number of rotatable bonds is 33. The van der Waals surface area contributed by atoms with Crippen molar-refractivity contribution in [2.45, 2.75) is 129 Å². The number of carbonyl (C=O) groups excluding carboxylic acids is 7. The molecule has 9 N–H and O–H groups in total. The van der Waals surface area contributed by atoms with Crippen molar-refractivity contribution >= 4 is 87.4 Å². The van der Waals surface area contributed by atoms with E-state index in [1.165, 1.54) is 6.92 Å². The van der Waals surface area contributed by atoms with Crippen molar-refractivity contribution in [3.63, 3.8) is 0 Å². The van der Waals surface area contributed by atoms with Crippen LogP contribution in [0.5, 0.6) is 0 Å². The molecule has 23 heteroatoms. The molecule has 1 fully saturated rings. The molecule has 1 atom stereocenters. The standard InChI is InChI=1S/C44H70N10O11S2/c1-34(55)51(62)29-11-3-8-25-45-37(56)19-21-39(58)52(63)30-12-4-9-26-46-38(57)20-22-40(59)53(64)31-13-5-10-27-47-41(60)44(24-14-32-54(65)42(44)61)23-6-2-7-28-48-43(67)50-36-17-15-35(16-18-36)49-33-66/h15-18,62-65H,2-14,19-32H2,1H3,(H,45,56)(H,46,57)(H,47,60)(H2,48,50,67). The van der Waals surface area contributed by atoms with Gasteiger partial charge in [-0.2, -0.15) is 4.99 Å². The van der Waals surface area contributed by atoms with Crippen LogP contribution >= 0.6 is 24.4 Å². The van der Waals surface area contributed by atoms with Gasteiger partial charge < -0.3 is 26.6 Å². The van der Waals surface area contributed by atoms with Gasteiger partial charge in [-0.05, 0) is 132 Å². The largest absolute Gasteiger partial charge is 0.362 e. The van der Waals surface area contributed by atoms with Crippen molar-refractivity contribution < 1.29 is 54.4 Å². The van der Waals surface area contributed by atoms with E-state index in [1.807, 2.05) is 12.1 Å². The van der Waals surface area contributed by atoms with Crippen LogP contribution in [0.15, 0.2) is 29.3 Å². The Kier molecular flexibility index (Phi) is 28.8. The van der Waals surface area contributed by atoms with E-state index in [-0.39, 0.29) is 76.6 Å². The number of piperidine rings is 1. The fraction of sp³-hybridized carbons (Fsp3) is 0.659. The van der Waals surface area contributed by atoms with Crippen molar-refractivity contribution in [1.29, 1.82) is 0 Å². The number of unbranched alkanes of at least 4 members (excludes halogenated alkanes) is 8. The molecule has 1 aliphatic rings. The second-order valence-electron chi connectivity index (χ2n) is 16.4. The summed E-state index contributed by atoms with van der Waals surface area (Å²) in [6.07, 6.45) is 7.70. The highest BCUT2D eigenvalue weighted by atomic mass is 32.1. The van der Waals surface area contributed by atoms with E-state index in [4.69, 9.17) is 12.2 Å². The highest BCUT2D eigenvalue weighted by molar-refractivity contribution is 7.80. The number of carbonyl (C=O) groups is 7. The van der Waals surface area contributed by atoms with E-state index in [0.29, 0.717) is 128 Å². The smallest absolute Gasteiger partial charge is 0.261 e. The third kappa shape index (κ3) is 23.9. The average Bonchev–Trinajstić information content (AvgIpc) is 3.30. The molecular formula is C44H70N10O11S2. The summed E-state index contributed by atoms with van der Waals surface area (Å²) < 4.78 is 0. The molecule has 0 spiro atoms. The van der Waals surface area contributed by atoms with Crippen molar-refractivity contribution in [2.24, 2.45) is 10.4 Å². The van der Waals surface area contributed by atoms with Gasteiger partial charge in [0.2, 0.25) is 35.4 Å². The van der Waals surface area contributed by atoms with Gasteiger partial charge in [0.1, 0.15) is 5.41 Å². The number of hydrogen-bond donors (Lipinski definition) is 9. The van der Waals surface area contributed by atoms with Crippen molar-refractivity contribution in [2.75, 3.05) is 57.7 Å². The fourth-order valence-corrected chi connectivity index (χ4v) is 7.44. The Morgan fingerprint density at radius 3 is 1.67 bits per heavy atom. The molecule has 2 rings (SSSR count). The molecule has 1 unspecified atom stereocenters. The number of amides is 7. The number of thiocarbonyl (C=S) groups is 2. The second kappa shape index (κ2) is 33.3. The van der Waals surface area contributed by atoms with Gasteiger partial charge in [0, 0.05) is 90.7 Å². The Labute approximate surface area is 403 Å². The number of anilines is 1. The summed E-state index contributed by atoms with van der Waals surface area (Å²) in [5, 5.41) is 59.5. The molecule has 0 saturated carbocycles. The minimum atomic E-state index is -1.36. The molecule has 0 bridgehead atoms. The molecule has 1 saturated heterocycles. The lowest BCUT2D eigenvalue weighted by Gasteiger charge is -2.37. The normalized spacial score (nSPS) is 14.3. The monoisotopic (exact) mass is 978 g/mol. The molecule has 67 heavy (non-hydrogen) atoms. The molecule has 1 aromatic rings. The zero-order valence-corrected chi connectivity index (χ0v) is 40.2. The fourth-order valence-electron chi connectivity index (χ4n) is 7.12. The third-order valence-electron chi connectivity index (χ3n) is 11.1. The van der Waals surface area contributed by atoms with Crippen molar-refractivity contribution in [1.82, 2.24) is 41.5 Å². The van der Waals surface area contributed by atoms with Crippen LogP contribution in [0.3, 0.4) is 0 Å². The minimum Gasteiger partial charge on any atom is -0.362 e. The Morgan fingerprint density at radius 1 is 0.687 bits per heavy atom. The summed E-state index contributed by atoms with van der Waals surface area (Å²) in [5.41, 5.74) is 0.112. The van der Waals surface area contributed by atoms with Crippen LogP contribution < -0.4 is 26.6 Å². The summed E-state index contributed by atoms with van der Waals surface area (Å²) in [7, 11) is 0. The van der Waals surface area contributed by atoms with Crippen LogP contribution in [0.1, 0.15) is 129 Å². The predicted molar refractivity (Wildman–Crippen MR) is 254 cm³/mol. The minimum absolute atomic E-state index is 0.0393. The number of hydrogen-bond acceptors (Lipinski definition) is 14. The second-order valence-corrected chi connectivity index (χ2v) is 17.0. The average molecular weight is 979 g/mol. The van der Waals surface area contributed by atoms with Gasteiger partial charge in [-0.3, -0.25) is 54.4 Å². The van der Waals surface area contributed by atoms with Gasteiger partial charge >= 0.3 is 0 Å². The van der Waals surface area contributed by atoms with E-state index < -0.39 is 35.0 Å². The van der Waals surface area contributed by atoms with Crippen molar-refractivity contribution in [3.05, 3.63) is 24.3 Å². The number of hydroxylamine groups is 8. The van der Waals surface area contributed by atoms with E-state index in [2.05, 4.69) is 49.0 Å². The molecule has 0 aromatic heterocycles. The highest BCUT2D eigenvalue weighted by Crippen LogP contribution is 2.36. The number of nitrogens with zero attached hydrogens (tertiary/aromatic N) is 5. The summed E-state index contributed by atoms with van der Waals surface area (Å²) in [4.78, 5) is 90.3. The predicted octanol–water partition coefficient (Wildman–Crippen LogP) is 4.36. The van der Waals surface area contributed by atoms with Gasteiger partial charge in [-0.1, -0.05) is 12.8 Å². The number of aliphatic imine (C=N–C) groups is 1. The van der Waals surface area contributed by atoms with Crippen LogP contribution in [0.4, 0.5) is 11.4 Å². The van der Waals surface area contributed by atoms with Crippen LogP contribution in [0.2, 0.25) is 0 Å². The zero-order chi connectivity index (χ0) is 49.5. The van der Waals surface area contributed by atoms with E-state index >= 15 is 0 Å². The van der Waals surface area contributed by atoms with Gasteiger partial charge in [0.15, 0.2) is 5.11 Å². The van der Waals surface area contributed by atoms with Gasteiger partial charge in [0.05, 0.1) is 10.8 Å². The lowest BCUT2D eigenvalue weighted by atomic mass is 9.74. The van der Waals surface area contributed by atoms with E-state index in [1.54, 1.807) is 12.1 Å². The lowest BCUT2D eigenvalue weighted by Crippen LogP contribution is -2.55. The lowest BCUT2D eigenvalue weighted by molar-refractivity contribution is -0.188. The Morgan fingerprint density at radius 2 is 1.16 bits per heavy atom. The quantitative estimate of drug-likeness (QED) is 0.0118. The van der Waals surface area contributed by atoms with E-state index in [9.17, 15) is 54.4 Å². The van der Waals surface area contributed by atoms with Gasteiger partial charge in [-0.15, -0.1) is 0 Å². The molecule has 21 nitrogen and oxygen atoms in total. The summed E-state index contributed by atoms with van der Waals surface area (Å²) >= 11 is 9.99.